The van der Waals surface area contributed by atoms with E-state index >= 15 is 0 Å². The molecule has 0 aliphatic carbocycles. The highest BCUT2D eigenvalue weighted by molar-refractivity contribution is 5.90. The number of nitrogens with zero attached hydrogens (tertiary/aromatic N) is 4. The molecule has 168 valence electrons. The van der Waals surface area contributed by atoms with Crippen LogP contribution in [0, 0.1) is 5.92 Å². The predicted molar refractivity (Wildman–Crippen MR) is 123 cm³/mol. The van der Waals surface area contributed by atoms with Gasteiger partial charge in [-0.1, -0.05) is 0 Å². The maximum Gasteiger partial charge on any atom is 0.184 e. The van der Waals surface area contributed by atoms with Crippen LogP contribution in [0.3, 0.4) is 0 Å². The molecule has 8 heteroatoms. The first kappa shape index (κ1) is 20.8. The summed E-state index contributed by atoms with van der Waals surface area (Å²) in [5.41, 5.74) is 2.88. The number of rotatable bonds is 7. The Bertz CT molecular complexity index is 1070. The molecule has 1 fully saturated rings. The van der Waals surface area contributed by atoms with E-state index in [2.05, 4.69) is 31.2 Å². The molecule has 0 unspecified atom stereocenters. The lowest BCUT2D eigenvalue weighted by molar-refractivity contribution is 0.168. The Kier molecular flexibility index (Phi) is 6.20. The maximum absolute atomic E-state index is 5.75. The molecule has 0 radical (unpaired) electrons. The lowest BCUT2D eigenvalue weighted by Crippen LogP contribution is -2.34. The Balaban J connectivity index is 1.13. The van der Waals surface area contributed by atoms with E-state index in [0.29, 0.717) is 19.8 Å². The summed E-state index contributed by atoms with van der Waals surface area (Å²) >= 11 is 0. The average Bonchev–Trinajstić information content (AvgIpc) is 2.86. The molecular weight excluding hydrogens is 406 g/mol. The molecule has 5 rings (SSSR count). The Hall–Kier alpha value is -3.13. The fraction of sp³-hybridized carbons (Fsp3) is 0.458. The van der Waals surface area contributed by atoms with Crippen LogP contribution in [0.15, 0.2) is 36.8 Å². The van der Waals surface area contributed by atoms with Crippen LogP contribution in [0.5, 0.6) is 17.2 Å². The van der Waals surface area contributed by atoms with Crippen molar-refractivity contribution in [1.82, 2.24) is 20.3 Å². The molecule has 0 amide bonds. The van der Waals surface area contributed by atoms with Gasteiger partial charge in [0.2, 0.25) is 0 Å². The summed E-state index contributed by atoms with van der Waals surface area (Å²) in [7, 11) is 1.67. The molecule has 0 atom stereocenters. The minimum absolute atomic E-state index is 0.583. The van der Waals surface area contributed by atoms with Gasteiger partial charge < -0.3 is 24.4 Å². The van der Waals surface area contributed by atoms with Crippen molar-refractivity contribution in [3.05, 3.63) is 42.5 Å². The minimum Gasteiger partial charge on any atom is -0.495 e. The molecule has 5 heterocycles. The van der Waals surface area contributed by atoms with Crippen LogP contribution in [0.25, 0.3) is 11.0 Å². The van der Waals surface area contributed by atoms with Crippen molar-refractivity contribution in [2.45, 2.75) is 25.8 Å². The van der Waals surface area contributed by atoms with Crippen LogP contribution in [-0.4, -0.2) is 54.9 Å². The molecule has 2 aliphatic rings. The number of aromatic nitrogens is 3. The Morgan fingerprint density at radius 2 is 1.94 bits per heavy atom. The molecule has 0 bridgehead atoms. The van der Waals surface area contributed by atoms with Gasteiger partial charge in [-0.2, -0.15) is 0 Å². The molecule has 1 saturated heterocycles. The highest BCUT2D eigenvalue weighted by Gasteiger charge is 2.21. The van der Waals surface area contributed by atoms with Crippen molar-refractivity contribution >= 4 is 16.7 Å². The van der Waals surface area contributed by atoms with Crippen molar-refractivity contribution in [2.75, 3.05) is 44.9 Å². The first-order chi connectivity index (χ1) is 15.8. The third-order valence-corrected chi connectivity index (χ3v) is 6.29. The smallest absolute Gasteiger partial charge is 0.184 e. The second kappa shape index (κ2) is 9.56. The third kappa shape index (κ3) is 4.41. The van der Waals surface area contributed by atoms with Gasteiger partial charge >= 0.3 is 0 Å². The fourth-order valence-electron chi connectivity index (χ4n) is 4.52. The summed E-state index contributed by atoms with van der Waals surface area (Å²) in [4.78, 5) is 15.8. The number of nitrogens with one attached hydrogen (secondary N) is 1. The lowest BCUT2D eigenvalue weighted by atomic mass is 9.93. The number of piperidine rings is 1. The number of anilines is 1. The summed E-state index contributed by atoms with van der Waals surface area (Å²) in [6.45, 7) is 4.93. The zero-order valence-corrected chi connectivity index (χ0v) is 18.4. The first-order valence-corrected chi connectivity index (χ1v) is 11.3. The largest absolute Gasteiger partial charge is 0.495 e. The van der Waals surface area contributed by atoms with E-state index in [9.17, 15) is 0 Å². The van der Waals surface area contributed by atoms with Gasteiger partial charge in [-0.05, 0) is 43.9 Å². The molecule has 8 nitrogen and oxygen atoms in total. The zero-order valence-electron chi connectivity index (χ0n) is 18.4. The van der Waals surface area contributed by atoms with Gasteiger partial charge in [0.05, 0.1) is 19.0 Å². The Morgan fingerprint density at radius 3 is 2.81 bits per heavy atom. The molecule has 0 saturated carbocycles. The maximum atomic E-state index is 5.75. The topological polar surface area (TPSA) is 81.6 Å². The summed E-state index contributed by atoms with van der Waals surface area (Å²) in [5, 5.41) is 4.59. The molecule has 1 N–H and O–H groups in total. The van der Waals surface area contributed by atoms with Crippen LogP contribution in [-0.2, 0) is 6.54 Å². The average molecular weight is 436 g/mol. The van der Waals surface area contributed by atoms with Crippen molar-refractivity contribution in [2.24, 2.45) is 5.92 Å². The fourth-order valence-corrected chi connectivity index (χ4v) is 4.52. The monoisotopic (exact) mass is 435 g/mol. The second-order valence-electron chi connectivity index (χ2n) is 8.25. The summed E-state index contributed by atoms with van der Waals surface area (Å²) < 4.78 is 16.8. The number of hydrogen-bond donors (Lipinski definition) is 1. The minimum atomic E-state index is 0.583. The van der Waals surface area contributed by atoms with Crippen LogP contribution >= 0.6 is 0 Å². The molecular formula is C24H29N5O3. The third-order valence-electron chi connectivity index (χ3n) is 6.29. The normalized spacial score (nSPS) is 16.3. The Labute approximate surface area is 187 Å². The van der Waals surface area contributed by atoms with Crippen LogP contribution in [0.2, 0.25) is 0 Å². The molecule has 32 heavy (non-hydrogen) atoms. The van der Waals surface area contributed by atoms with Crippen molar-refractivity contribution in [3.63, 3.8) is 0 Å². The molecule has 0 spiro atoms. The van der Waals surface area contributed by atoms with Gasteiger partial charge in [0.25, 0.3) is 0 Å². The molecule has 3 aromatic rings. The van der Waals surface area contributed by atoms with Gasteiger partial charge in [0.1, 0.15) is 19.0 Å². The van der Waals surface area contributed by atoms with Crippen molar-refractivity contribution < 1.29 is 14.2 Å². The van der Waals surface area contributed by atoms with E-state index in [1.807, 2.05) is 18.3 Å². The van der Waals surface area contributed by atoms with Crippen molar-refractivity contribution in [3.8, 4) is 17.2 Å². The van der Waals surface area contributed by atoms with E-state index in [4.69, 9.17) is 14.2 Å². The number of hydrogen-bond acceptors (Lipinski definition) is 8. The summed E-state index contributed by atoms with van der Waals surface area (Å²) in [6.07, 6.45) is 8.87. The zero-order chi connectivity index (χ0) is 21.8. The summed E-state index contributed by atoms with van der Waals surface area (Å²) in [6, 6.07) is 5.99. The van der Waals surface area contributed by atoms with Gasteiger partial charge in [-0.15, -0.1) is 0 Å². The number of fused-ring (bicyclic) bond motifs is 2. The van der Waals surface area contributed by atoms with Crippen LogP contribution in [0.4, 0.5) is 5.69 Å². The van der Waals surface area contributed by atoms with E-state index in [0.717, 1.165) is 65.9 Å². The number of ether oxygens (including phenoxy) is 3. The Morgan fingerprint density at radius 1 is 1.09 bits per heavy atom. The van der Waals surface area contributed by atoms with Gasteiger partial charge in [0, 0.05) is 49.2 Å². The van der Waals surface area contributed by atoms with E-state index in [1.165, 1.54) is 18.5 Å². The summed E-state index contributed by atoms with van der Waals surface area (Å²) in [5.74, 6) is 3.07. The van der Waals surface area contributed by atoms with Crippen molar-refractivity contribution in [1.29, 1.82) is 0 Å². The number of methoxy groups -OCH3 is 1. The van der Waals surface area contributed by atoms with Gasteiger partial charge in [0.15, 0.2) is 17.1 Å². The van der Waals surface area contributed by atoms with Crippen LogP contribution in [0.1, 0.15) is 25.0 Å². The van der Waals surface area contributed by atoms with E-state index in [-0.39, 0.29) is 0 Å². The highest BCUT2D eigenvalue weighted by atomic mass is 16.6. The van der Waals surface area contributed by atoms with Crippen LogP contribution < -0.4 is 24.4 Å². The highest BCUT2D eigenvalue weighted by Crippen LogP contribution is 2.33. The van der Waals surface area contributed by atoms with E-state index in [1.54, 1.807) is 19.5 Å². The predicted octanol–water partition coefficient (Wildman–Crippen LogP) is 3.20. The standard InChI is InChI=1S/C24H29N5O3/c1-30-18-14-19-21(3-8-27-24(19)28-15-18)29-10-5-17(6-11-29)2-7-25-16-20-23-22(4-9-26-20)31-12-13-32-23/h3-4,8-9,14-15,17,25H,2,5-7,10-13,16H2,1H3. The lowest BCUT2D eigenvalue weighted by Gasteiger charge is -2.34. The molecule has 3 aromatic heterocycles. The van der Waals surface area contributed by atoms with Gasteiger partial charge in [-0.25, -0.2) is 9.97 Å². The second-order valence-corrected chi connectivity index (χ2v) is 8.25. The molecule has 0 aromatic carbocycles. The SMILES string of the molecule is COc1cnc2nccc(N3CCC(CCNCc4nccc5c4OCCO5)CC3)c2c1. The quantitative estimate of drug-likeness (QED) is 0.567. The first-order valence-electron chi connectivity index (χ1n) is 11.3. The number of pyridine rings is 3. The van der Waals surface area contributed by atoms with Gasteiger partial charge in [-0.3, -0.25) is 4.98 Å². The molecule has 2 aliphatic heterocycles. The van der Waals surface area contributed by atoms with E-state index < -0.39 is 0 Å².